The fourth-order valence-corrected chi connectivity index (χ4v) is 2.51. The van der Waals surface area contributed by atoms with E-state index in [0.717, 1.165) is 51.4 Å². The first-order valence-electron chi connectivity index (χ1n) is 9.57. The van der Waals surface area contributed by atoms with Gasteiger partial charge in [-0.3, -0.25) is 0 Å². The minimum Gasteiger partial charge on any atom is -0.434 e. The van der Waals surface area contributed by atoms with E-state index in [2.05, 4.69) is 20.8 Å². The molecule has 0 saturated carbocycles. The summed E-state index contributed by atoms with van der Waals surface area (Å²) >= 11 is 0. The lowest BCUT2D eigenvalue weighted by Gasteiger charge is -2.17. The average molecular weight is 315 g/mol. The quantitative estimate of drug-likeness (QED) is 0.251. The Hall–Kier alpha value is -0.730. The van der Waals surface area contributed by atoms with Gasteiger partial charge in [0.15, 0.2) is 0 Å². The molecule has 0 fully saturated rings. The van der Waals surface area contributed by atoms with E-state index in [1.54, 1.807) is 0 Å². The number of carbonyl (C=O) groups is 1. The van der Waals surface area contributed by atoms with Crippen LogP contribution in [0.25, 0.3) is 0 Å². The van der Waals surface area contributed by atoms with Crippen LogP contribution in [0, 0.1) is 0 Å². The molecule has 0 bridgehead atoms. The summed E-state index contributed by atoms with van der Waals surface area (Å²) < 4.78 is 10.7. The van der Waals surface area contributed by atoms with Gasteiger partial charge in [0.25, 0.3) is 0 Å². The highest BCUT2D eigenvalue weighted by atomic mass is 16.7. The van der Waals surface area contributed by atoms with Crippen molar-refractivity contribution < 1.29 is 14.3 Å². The summed E-state index contributed by atoms with van der Waals surface area (Å²) in [6.07, 6.45) is 14.6. The Morgan fingerprint density at radius 1 is 0.727 bits per heavy atom. The molecule has 0 spiro atoms. The lowest BCUT2D eigenvalue weighted by Crippen LogP contribution is -2.19. The van der Waals surface area contributed by atoms with Crippen molar-refractivity contribution in [3.8, 4) is 0 Å². The molecule has 0 radical (unpaired) electrons. The van der Waals surface area contributed by atoms with Crippen molar-refractivity contribution in [3.63, 3.8) is 0 Å². The smallest absolute Gasteiger partial charge is 0.434 e. The summed E-state index contributed by atoms with van der Waals surface area (Å²) in [4.78, 5) is 11.7. The summed E-state index contributed by atoms with van der Waals surface area (Å²) in [6, 6.07) is 0. The molecule has 0 aromatic carbocycles. The molecule has 0 saturated heterocycles. The molecule has 0 aliphatic carbocycles. The first-order valence-corrected chi connectivity index (χ1v) is 9.57. The summed E-state index contributed by atoms with van der Waals surface area (Å²) in [5.74, 6) is 0. The van der Waals surface area contributed by atoms with Gasteiger partial charge in [-0.15, -0.1) is 0 Å². The zero-order valence-electron chi connectivity index (χ0n) is 15.2. The average Bonchev–Trinajstić information content (AvgIpc) is 2.52. The third-order valence-corrected chi connectivity index (χ3v) is 3.99. The Labute approximate surface area is 138 Å². The van der Waals surface area contributed by atoms with E-state index in [1.807, 2.05) is 0 Å². The SMILES string of the molecule is CCCCCCCCCOC(=O)OC(CCCC)CCCC. The number of hydrogen-bond donors (Lipinski definition) is 0. The van der Waals surface area contributed by atoms with Gasteiger partial charge in [0.2, 0.25) is 0 Å². The van der Waals surface area contributed by atoms with Crippen molar-refractivity contribution >= 4 is 6.16 Å². The number of hydrogen-bond acceptors (Lipinski definition) is 3. The topological polar surface area (TPSA) is 35.5 Å². The van der Waals surface area contributed by atoms with Crippen LogP contribution < -0.4 is 0 Å². The molecule has 0 aliphatic rings. The highest BCUT2D eigenvalue weighted by Crippen LogP contribution is 2.14. The van der Waals surface area contributed by atoms with Gasteiger partial charge < -0.3 is 9.47 Å². The molecule has 0 aromatic heterocycles. The van der Waals surface area contributed by atoms with Gasteiger partial charge in [0, 0.05) is 0 Å². The molecular formula is C19H38O3. The zero-order valence-corrected chi connectivity index (χ0v) is 15.2. The second kappa shape index (κ2) is 16.6. The van der Waals surface area contributed by atoms with E-state index in [-0.39, 0.29) is 6.10 Å². The monoisotopic (exact) mass is 314 g/mol. The van der Waals surface area contributed by atoms with Gasteiger partial charge >= 0.3 is 6.16 Å². The third kappa shape index (κ3) is 14.2. The molecule has 0 aromatic rings. The van der Waals surface area contributed by atoms with Gasteiger partial charge in [-0.2, -0.15) is 0 Å². The van der Waals surface area contributed by atoms with Crippen LogP contribution in [-0.2, 0) is 9.47 Å². The Morgan fingerprint density at radius 3 is 1.77 bits per heavy atom. The van der Waals surface area contributed by atoms with Crippen molar-refractivity contribution in [2.45, 2.75) is 110 Å². The highest BCUT2D eigenvalue weighted by molar-refractivity contribution is 5.60. The van der Waals surface area contributed by atoms with Gasteiger partial charge in [0.1, 0.15) is 6.10 Å². The predicted molar refractivity (Wildman–Crippen MR) is 93.3 cm³/mol. The summed E-state index contributed by atoms with van der Waals surface area (Å²) in [7, 11) is 0. The van der Waals surface area contributed by atoms with Crippen LogP contribution in [0.15, 0.2) is 0 Å². The number of carbonyl (C=O) groups excluding carboxylic acids is 1. The lowest BCUT2D eigenvalue weighted by molar-refractivity contribution is 0.0157. The van der Waals surface area contributed by atoms with Crippen LogP contribution in [-0.4, -0.2) is 18.9 Å². The largest absolute Gasteiger partial charge is 0.508 e. The highest BCUT2D eigenvalue weighted by Gasteiger charge is 2.14. The van der Waals surface area contributed by atoms with E-state index < -0.39 is 6.16 Å². The summed E-state index contributed by atoms with van der Waals surface area (Å²) in [5.41, 5.74) is 0. The maximum Gasteiger partial charge on any atom is 0.508 e. The van der Waals surface area contributed by atoms with Gasteiger partial charge in [0.05, 0.1) is 6.61 Å². The Morgan fingerprint density at radius 2 is 1.23 bits per heavy atom. The van der Waals surface area contributed by atoms with E-state index in [0.29, 0.717) is 6.61 Å². The summed E-state index contributed by atoms with van der Waals surface area (Å²) in [6.45, 7) is 7.06. The van der Waals surface area contributed by atoms with E-state index >= 15 is 0 Å². The standard InChI is InChI=1S/C19H38O3/c1-4-7-10-11-12-13-14-17-21-19(20)22-18(15-8-5-2)16-9-6-3/h18H,4-17H2,1-3H3. The first-order chi connectivity index (χ1) is 10.7. The van der Waals surface area contributed by atoms with Crippen LogP contribution in [0.3, 0.4) is 0 Å². The third-order valence-electron chi connectivity index (χ3n) is 3.99. The molecule has 0 heterocycles. The van der Waals surface area contributed by atoms with E-state index in [9.17, 15) is 4.79 Å². The van der Waals surface area contributed by atoms with Crippen LogP contribution >= 0.6 is 0 Å². The van der Waals surface area contributed by atoms with Crippen LogP contribution in [0.2, 0.25) is 0 Å². The molecule has 3 heteroatoms. The minimum atomic E-state index is -0.469. The zero-order chi connectivity index (χ0) is 16.5. The maximum absolute atomic E-state index is 11.7. The molecule has 0 N–H and O–H groups in total. The van der Waals surface area contributed by atoms with Crippen LogP contribution in [0.5, 0.6) is 0 Å². The molecule has 22 heavy (non-hydrogen) atoms. The lowest BCUT2D eigenvalue weighted by atomic mass is 10.1. The van der Waals surface area contributed by atoms with Crippen LogP contribution in [0.4, 0.5) is 4.79 Å². The first kappa shape index (κ1) is 21.3. The fraction of sp³-hybridized carbons (Fsp3) is 0.947. The number of unbranched alkanes of at least 4 members (excludes halogenated alkanes) is 8. The molecule has 132 valence electrons. The second-order valence-corrected chi connectivity index (χ2v) is 6.24. The molecule has 0 unspecified atom stereocenters. The Kier molecular flexibility index (Phi) is 16.1. The molecule has 3 nitrogen and oxygen atoms in total. The van der Waals surface area contributed by atoms with Crippen molar-refractivity contribution in [2.24, 2.45) is 0 Å². The molecule has 0 rings (SSSR count). The van der Waals surface area contributed by atoms with Crippen molar-refractivity contribution in [3.05, 3.63) is 0 Å². The van der Waals surface area contributed by atoms with Crippen molar-refractivity contribution in [1.82, 2.24) is 0 Å². The Bertz CT molecular complexity index is 233. The number of rotatable bonds is 15. The van der Waals surface area contributed by atoms with E-state index in [1.165, 1.54) is 32.1 Å². The normalized spacial score (nSPS) is 10.9. The molecule has 0 aliphatic heterocycles. The molecule has 0 atom stereocenters. The van der Waals surface area contributed by atoms with Gasteiger partial charge in [-0.25, -0.2) is 4.79 Å². The van der Waals surface area contributed by atoms with E-state index in [4.69, 9.17) is 9.47 Å². The summed E-state index contributed by atoms with van der Waals surface area (Å²) in [5, 5.41) is 0. The minimum absolute atomic E-state index is 0.0430. The predicted octanol–water partition coefficient (Wildman–Crippen LogP) is 6.64. The van der Waals surface area contributed by atoms with Crippen molar-refractivity contribution in [1.29, 1.82) is 0 Å². The number of ether oxygens (including phenoxy) is 2. The van der Waals surface area contributed by atoms with Gasteiger partial charge in [-0.05, 0) is 19.3 Å². The maximum atomic E-state index is 11.7. The molecular weight excluding hydrogens is 276 g/mol. The van der Waals surface area contributed by atoms with Crippen molar-refractivity contribution in [2.75, 3.05) is 6.61 Å². The Balaban J connectivity index is 3.62. The second-order valence-electron chi connectivity index (χ2n) is 6.24. The molecule has 0 amide bonds. The van der Waals surface area contributed by atoms with Crippen LogP contribution in [0.1, 0.15) is 104 Å². The fourth-order valence-electron chi connectivity index (χ4n) is 2.51. The van der Waals surface area contributed by atoms with Gasteiger partial charge in [-0.1, -0.05) is 85.0 Å².